The van der Waals surface area contributed by atoms with Crippen LogP contribution in [0.1, 0.15) is 51.0 Å². The molecule has 23 heavy (non-hydrogen) atoms. The highest BCUT2D eigenvalue weighted by Crippen LogP contribution is 2.36. The molecule has 1 amide bonds. The van der Waals surface area contributed by atoms with Crippen LogP contribution in [0.15, 0.2) is 29.3 Å². The summed E-state index contributed by atoms with van der Waals surface area (Å²) >= 11 is 1.61. The summed E-state index contributed by atoms with van der Waals surface area (Å²) in [7, 11) is 0. The highest BCUT2D eigenvalue weighted by atomic mass is 32.2. The van der Waals surface area contributed by atoms with Crippen molar-refractivity contribution in [3.8, 4) is 0 Å². The topological polar surface area (TPSA) is 67.5 Å². The number of benzene rings is 1. The second-order valence-electron chi connectivity index (χ2n) is 6.73. The molecule has 1 heterocycles. The summed E-state index contributed by atoms with van der Waals surface area (Å²) in [5, 5.41) is 3.74. The Kier molecular flexibility index (Phi) is 4.95. The Balaban J connectivity index is 1.75. The predicted molar refractivity (Wildman–Crippen MR) is 97.7 cm³/mol. The molecule has 0 radical (unpaired) electrons. The largest absolute Gasteiger partial charge is 0.379 e. The molecule has 3 N–H and O–H groups in total. The number of rotatable bonds is 3. The van der Waals surface area contributed by atoms with Gasteiger partial charge in [0, 0.05) is 17.4 Å². The molecule has 0 aromatic heterocycles. The molecule has 1 aliphatic heterocycles. The number of nitrogens with two attached hydrogens (primary N) is 1. The molecule has 1 aromatic carbocycles. The predicted octanol–water partition coefficient (Wildman–Crippen LogP) is 3.87. The van der Waals surface area contributed by atoms with Gasteiger partial charge in [0.25, 0.3) is 0 Å². The van der Waals surface area contributed by atoms with Gasteiger partial charge in [0.15, 0.2) is 5.17 Å². The SMILES string of the molecule is CC1(c2cccc(NC(=O)C3CCCCC3)c2)CCSC(N)=N1. The summed E-state index contributed by atoms with van der Waals surface area (Å²) in [6, 6.07) is 8.07. The molecule has 1 aliphatic carbocycles. The standard InChI is InChI=1S/C18H25N3OS/c1-18(10-11-23-17(19)21-18)14-8-5-9-15(12-14)20-16(22)13-6-3-2-4-7-13/h5,8-9,12-13H,2-4,6-7,10-11H2,1H3,(H2,19,21)(H,20,22). The molecule has 124 valence electrons. The van der Waals surface area contributed by atoms with Gasteiger partial charge in [-0.1, -0.05) is 43.2 Å². The summed E-state index contributed by atoms with van der Waals surface area (Å²) in [4.78, 5) is 17.1. The monoisotopic (exact) mass is 331 g/mol. The lowest BCUT2D eigenvalue weighted by atomic mass is 9.88. The lowest BCUT2D eigenvalue weighted by Crippen LogP contribution is -2.29. The molecule has 2 aliphatic rings. The molecule has 5 heteroatoms. The van der Waals surface area contributed by atoms with Gasteiger partial charge in [-0.2, -0.15) is 0 Å². The number of carbonyl (C=O) groups is 1. The molecule has 3 rings (SSSR count). The quantitative estimate of drug-likeness (QED) is 0.883. The van der Waals surface area contributed by atoms with E-state index >= 15 is 0 Å². The van der Waals surface area contributed by atoms with E-state index in [-0.39, 0.29) is 17.4 Å². The summed E-state index contributed by atoms with van der Waals surface area (Å²) < 4.78 is 0. The molecular weight excluding hydrogens is 306 g/mol. The van der Waals surface area contributed by atoms with Crippen LogP contribution in [0.5, 0.6) is 0 Å². The number of hydrogen-bond acceptors (Lipinski definition) is 4. The first-order valence-electron chi connectivity index (χ1n) is 8.46. The van der Waals surface area contributed by atoms with E-state index in [2.05, 4.69) is 23.3 Å². The zero-order chi connectivity index (χ0) is 16.3. The van der Waals surface area contributed by atoms with Gasteiger partial charge in [-0.3, -0.25) is 9.79 Å². The minimum Gasteiger partial charge on any atom is -0.379 e. The average Bonchev–Trinajstić information content (AvgIpc) is 2.56. The minimum absolute atomic E-state index is 0.161. The van der Waals surface area contributed by atoms with Crippen LogP contribution < -0.4 is 11.1 Å². The number of thioether (sulfide) groups is 1. The van der Waals surface area contributed by atoms with Gasteiger partial charge in [0.1, 0.15) is 0 Å². The maximum Gasteiger partial charge on any atom is 0.227 e. The van der Waals surface area contributed by atoms with E-state index in [4.69, 9.17) is 5.73 Å². The van der Waals surface area contributed by atoms with Crippen molar-refractivity contribution in [3.63, 3.8) is 0 Å². The fourth-order valence-electron chi connectivity index (χ4n) is 3.44. The Bertz CT molecular complexity index is 610. The van der Waals surface area contributed by atoms with E-state index in [1.807, 2.05) is 18.2 Å². The van der Waals surface area contributed by atoms with Gasteiger partial charge in [-0.15, -0.1) is 0 Å². The van der Waals surface area contributed by atoms with Crippen LogP contribution >= 0.6 is 11.8 Å². The van der Waals surface area contributed by atoms with Crippen LogP contribution in [0, 0.1) is 5.92 Å². The van der Waals surface area contributed by atoms with Gasteiger partial charge < -0.3 is 11.1 Å². The van der Waals surface area contributed by atoms with Gasteiger partial charge in [0.05, 0.1) is 5.54 Å². The lowest BCUT2D eigenvalue weighted by molar-refractivity contribution is -0.120. The Labute approximate surface area is 142 Å². The number of nitrogens with one attached hydrogen (secondary N) is 1. The summed E-state index contributed by atoms with van der Waals surface area (Å²) in [6.45, 7) is 2.11. The molecule has 1 saturated carbocycles. The third kappa shape index (κ3) is 3.89. The average molecular weight is 331 g/mol. The van der Waals surface area contributed by atoms with E-state index < -0.39 is 0 Å². The van der Waals surface area contributed by atoms with Gasteiger partial charge in [-0.05, 0) is 43.9 Å². The lowest BCUT2D eigenvalue weighted by Gasteiger charge is -2.30. The number of carbonyl (C=O) groups excluding carboxylic acids is 1. The van der Waals surface area contributed by atoms with E-state index in [1.54, 1.807) is 11.8 Å². The zero-order valence-corrected chi connectivity index (χ0v) is 14.5. The first kappa shape index (κ1) is 16.4. The number of amidine groups is 1. The van der Waals surface area contributed by atoms with Gasteiger partial charge >= 0.3 is 0 Å². The second kappa shape index (κ2) is 6.95. The maximum absolute atomic E-state index is 12.4. The van der Waals surface area contributed by atoms with Crippen molar-refractivity contribution in [1.29, 1.82) is 0 Å². The van der Waals surface area contributed by atoms with Crippen LogP contribution in [0.4, 0.5) is 5.69 Å². The molecule has 1 aromatic rings. The van der Waals surface area contributed by atoms with Crippen molar-refractivity contribution in [2.24, 2.45) is 16.6 Å². The fraction of sp³-hybridized carbons (Fsp3) is 0.556. The third-order valence-corrected chi connectivity index (χ3v) is 5.72. The highest BCUT2D eigenvalue weighted by Gasteiger charge is 2.29. The van der Waals surface area contributed by atoms with Crippen molar-refractivity contribution < 1.29 is 4.79 Å². The number of aliphatic imine (C=N–C) groups is 1. The van der Waals surface area contributed by atoms with Crippen LogP contribution in [-0.2, 0) is 10.3 Å². The van der Waals surface area contributed by atoms with Crippen molar-refractivity contribution in [3.05, 3.63) is 29.8 Å². The molecule has 0 bridgehead atoms. The summed E-state index contributed by atoms with van der Waals surface area (Å²) in [6.07, 6.45) is 6.58. The maximum atomic E-state index is 12.4. The molecule has 0 spiro atoms. The summed E-state index contributed by atoms with van der Waals surface area (Å²) in [5.74, 6) is 1.31. The van der Waals surface area contributed by atoms with Gasteiger partial charge in [0.2, 0.25) is 5.91 Å². The minimum atomic E-state index is -0.291. The van der Waals surface area contributed by atoms with Crippen molar-refractivity contribution >= 4 is 28.5 Å². The Morgan fingerprint density at radius 2 is 2.13 bits per heavy atom. The number of amides is 1. The zero-order valence-electron chi connectivity index (χ0n) is 13.7. The smallest absolute Gasteiger partial charge is 0.227 e. The van der Waals surface area contributed by atoms with Crippen molar-refractivity contribution in [2.45, 2.75) is 51.0 Å². The molecule has 1 fully saturated rings. The fourth-order valence-corrected chi connectivity index (χ4v) is 4.41. The van der Waals surface area contributed by atoms with E-state index in [1.165, 1.54) is 19.3 Å². The summed E-state index contributed by atoms with van der Waals surface area (Å²) in [5.41, 5.74) is 7.60. The van der Waals surface area contributed by atoms with Crippen LogP contribution in [0.3, 0.4) is 0 Å². The molecule has 1 unspecified atom stereocenters. The molecule has 0 saturated heterocycles. The highest BCUT2D eigenvalue weighted by molar-refractivity contribution is 8.13. The van der Waals surface area contributed by atoms with Crippen LogP contribution in [0.25, 0.3) is 0 Å². The van der Waals surface area contributed by atoms with Gasteiger partial charge in [-0.25, -0.2) is 0 Å². The number of nitrogens with zero attached hydrogens (tertiary/aromatic N) is 1. The third-order valence-electron chi connectivity index (χ3n) is 4.92. The van der Waals surface area contributed by atoms with Crippen LogP contribution in [-0.4, -0.2) is 16.8 Å². The normalized spacial score (nSPS) is 25.7. The Morgan fingerprint density at radius 1 is 1.35 bits per heavy atom. The second-order valence-corrected chi connectivity index (χ2v) is 7.84. The van der Waals surface area contributed by atoms with E-state index in [0.29, 0.717) is 5.17 Å². The van der Waals surface area contributed by atoms with E-state index in [9.17, 15) is 4.79 Å². The number of hydrogen-bond donors (Lipinski definition) is 2. The molecular formula is C18H25N3OS. The van der Waals surface area contributed by atoms with Crippen molar-refractivity contribution in [1.82, 2.24) is 0 Å². The van der Waals surface area contributed by atoms with Crippen LogP contribution in [0.2, 0.25) is 0 Å². The molecule has 1 atom stereocenters. The molecule has 4 nitrogen and oxygen atoms in total. The van der Waals surface area contributed by atoms with E-state index in [0.717, 1.165) is 36.3 Å². The van der Waals surface area contributed by atoms with Crippen molar-refractivity contribution in [2.75, 3.05) is 11.1 Å². The first-order valence-corrected chi connectivity index (χ1v) is 9.45. The Morgan fingerprint density at radius 3 is 2.87 bits per heavy atom. The first-order chi connectivity index (χ1) is 11.1. The Hall–Kier alpha value is -1.49. The number of anilines is 1.